The van der Waals surface area contributed by atoms with Gasteiger partial charge in [-0.15, -0.1) is 0 Å². The van der Waals surface area contributed by atoms with Gasteiger partial charge >= 0.3 is 0 Å². The van der Waals surface area contributed by atoms with Crippen LogP contribution < -0.4 is 5.32 Å². The van der Waals surface area contributed by atoms with Crippen molar-refractivity contribution in [3.63, 3.8) is 0 Å². The monoisotopic (exact) mass is 299 g/mol. The van der Waals surface area contributed by atoms with E-state index >= 15 is 0 Å². The Bertz CT molecular complexity index is 275. The minimum Gasteiger partial charge on any atom is -0.394 e. The van der Waals surface area contributed by atoms with Gasteiger partial charge in [0.25, 0.3) is 0 Å². The van der Waals surface area contributed by atoms with E-state index in [9.17, 15) is 5.11 Å². The van der Waals surface area contributed by atoms with Crippen LogP contribution in [0.15, 0.2) is 0 Å². The second kappa shape index (κ2) is 9.09. The van der Waals surface area contributed by atoms with E-state index in [-0.39, 0.29) is 12.1 Å². The summed E-state index contributed by atoms with van der Waals surface area (Å²) in [5, 5.41) is 13.5. The molecule has 0 aromatic carbocycles. The summed E-state index contributed by atoms with van der Waals surface area (Å²) < 4.78 is 0. The fourth-order valence-corrected chi connectivity index (χ4v) is 3.20. The third-order valence-electron chi connectivity index (χ3n) is 4.83. The first-order chi connectivity index (χ1) is 9.96. The van der Waals surface area contributed by atoms with E-state index < -0.39 is 0 Å². The number of nitrogens with one attached hydrogen (secondary N) is 1. The van der Waals surface area contributed by atoms with Crippen LogP contribution in [0.4, 0.5) is 0 Å². The molecule has 0 amide bonds. The van der Waals surface area contributed by atoms with E-state index in [4.69, 9.17) is 0 Å². The smallest absolute Gasteiger partial charge is 0.0613 e. The van der Waals surface area contributed by atoms with Crippen LogP contribution in [0.25, 0.3) is 0 Å². The van der Waals surface area contributed by atoms with E-state index in [0.29, 0.717) is 12.1 Å². The Labute approximate surface area is 131 Å². The molecule has 2 atom stereocenters. The van der Waals surface area contributed by atoms with Gasteiger partial charge in [-0.25, -0.2) is 0 Å². The molecule has 4 nitrogen and oxygen atoms in total. The van der Waals surface area contributed by atoms with Gasteiger partial charge in [-0.2, -0.15) is 0 Å². The van der Waals surface area contributed by atoms with E-state index in [0.717, 1.165) is 38.9 Å². The van der Waals surface area contributed by atoms with Gasteiger partial charge in [0.1, 0.15) is 0 Å². The molecule has 4 heteroatoms. The number of nitrogens with zero attached hydrogens (tertiary/aromatic N) is 2. The summed E-state index contributed by atoms with van der Waals surface area (Å²) in [6.07, 6.45) is 5.80. The highest BCUT2D eigenvalue weighted by Crippen LogP contribution is 2.27. The Kier molecular flexibility index (Phi) is 8.17. The lowest BCUT2D eigenvalue weighted by atomic mass is 9.90. The summed E-state index contributed by atoms with van der Waals surface area (Å²) in [7, 11) is 4.27. The lowest BCUT2D eigenvalue weighted by molar-refractivity contribution is 0.128. The number of hydrogen-bond acceptors (Lipinski definition) is 4. The van der Waals surface area contributed by atoms with Crippen molar-refractivity contribution in [3.8, 4) is 0 Å². The highest BCUT2D eigenvalue weighted by Gasteiger charge is 2.34. The summed E-state index contributed by atoms with van der Waals surface area (Å²) in [5.41, 5.74) is -0.0502. The van der Waals surface area contributed by atoms with Crippen molar-refractivity contribution in [2.24, 2.45) is 0 Å². The second-order valence-electron chi connectivity index (χ2n) is 7.05. The molecule has 0 saturated heterocycles. The maximum absolute atomic E-state index is 9.82. The van der Waals surface area contributed by atoms with Crippen LogP contribution in [-0.2, 0) is 0 Å². The standard InChI is InChI=1S/C17H37N3O/c1-6-17(14-21,18-16-9-10-16)11-8-12-20(7-2)15(3)13-19(4)5/h15-16,18,21H,6-14H2,1-5H3. The van der Waals surface area contributed by atoms with Crippen LogP contribution in [0.3, 0.4) is 0 Å². The summed E-state index contributed by atoms with van der Waals surface area (Å²) in [4.78, 5) is 4.81. The summed E-state index contributed by atoms with van der Waals surface area (Å²) in [6.45, 7) is 10.3. The van der Waals surface area contributed by atoms with Crippen LogP contribution in [0.2, 0.25) is 0 Å². The van der Waals surface area contributed by atoms with Crippen LogP contribution in [0.5, 0.6) is 0 Å². The molecule has 1 rings (SSSR count). The first kappa shape index (κ1) is 18.9. The van der Waals surface area contributed by atoms with E-state index in [2.05, 4.69) is 50.0 Å². The zero-order valence-corrected chi connectivity index (χ0v) is 14.9. The van der Waals surface area contributed by atoms with Crippen molar-refractivity contribution in [3.05, 3.63) is 0 Å². The normalized spacial score (nSPS) is 20.0. The quantitative estimate of drug-likeness (QED) is 0.577. The predicted molar refractivity (Wildman–Crippen MR) is 90.8 cm³/mol. The van der Waals surface area contributed by atoms with Crippen LogP contribution in [-0.4, -0.2) is 72.9 Å². The van der Waals surface area contributed by atoms with Crippen molar-refractivity contribution in [1.82, 2.24) is 15.1 Å². The molecule has 2 unspecified atom stereocenters. The Hall–Kier alpha value is -0.160. The first-order valence-electron chi connectivity index (χ1n) is 8.73. The molecule has 0 aromatic heterocycles. The maximum Gasteiger partial charge on any atom is 0.0613 e. The zero-order chi connectivity index (χ0) is 15.9. The number of likely N-dealkylation sites (N-methyl/N-ethyl adjacent to an activating group) is 2. The van der Waals surface area contributed by atoms with Gasteiger partial charge in [0, 0.05) is 24.2 Å². The number of hydrogen-bond donors (Lipinski definition) is 2. The fraction of sp³-hybridized carbons (Fsp3) is 1.00. The van der Waals surface area contributed by atoms with Crippen molar-refractivity contribution in [2.75, 3.05) is 40.3 Å². The third kappa shape index (κ3) is 6.64. The number of rotatable bonds is 12. The Morgan fingerprint density at radius 3 is 2.38 bits per heavy atom. The van der Waals surface area contributed by atoms with Gasteiger partial charge in [-0.3, -0.25) is 4.90 Å². The summed E-state index contributed by atoms with van der Waals surface area (Å²) in [5.74, 6) is 0. The van der Waals surface area contributed by atoms with E-state index in [1.165, 1.54) is 12.8 Å². The Morgan fingerprint density at radius 1 is 1.29 bits per heavy atom. The average Bonchev–Trinajstić information content (AvgIpc) is 3.25. The fourth-order valence-electron chi connectivity index (χ4n) is 3.20. The molecule has 0 aliphatic heterocycles. The molecule has 126 valence electrons. The largest absolute Gasteiger partial charge is 0.394 e. The van der Waals surface area contributed by atoms with E-state index in [1.807, 2.05) is 0 Å². The van der Waals surface area contributed by atoms with Gasteiger partial charge in [0.2, 0.25) is 0 Å². The SMILES string of the molecule is CCN(CCCC(CC)(CO)NC1CC1)C(C)CN(C)C. The van der Waals surface area contributed by atoms with Crippen LogP contribution in [0, 0.1) is 0 Å². The Balaban J connectivity index is 2.39. The maximum atomic E-state index is 9.82. The van der Waals surface area contributed by atoms with Gasteiger partial charge in [-0.1, -0.05) is 13.8 Å². The molecule has 1 fully saturated rings. The van der Waals surface area contributed by atoms with Crippen molar-refractivity contribution in [2.45, 2.75) is 70.5 Å². The van der Waals surface area contributed by atoms with Gasteiger partial charge in [0.15, 0.2) is 0 Å². The minimum atomic E-state index is -0.0502. The van der Waals surface area contributed by atoms with Gasteiger partial charge in [-0.05, 0) is 66.2 Å². The van der Waals surface area contributed by atoms with Crippen LogP contribution >= 0.6 is 0 Å². The van der Waals surface area contributed by atoms with Crippen molar-refractivity contribution in [1.29, 1.82) is 0 Å². The molecule has 0 bridgehead atoms. The zero-order valence-electron chi connectivity index (χ0n) is 14.9. The molecule has 0 spiro atoms. The molecule has 0 heterocycles. The van der Waals surface area contributed by atoms with E-state index in [1.54, 1.807) is 0 Å². The second-order valence-corrected chi connectivity index (χ2v) is 7.05. The average molecular weight is 300 g/mol. The summed E-state index contributed by atoms with van der Waals surface area (Å²) in [6, 6.07) is 1.25. The van der Waals surface area contributed by atoms with Crippen molar-refractivity contribution >= 4 is 0 Å². The summed E-state index contributed by atoms with van der Waals surface area (Å²) >= 11 is 0. The first-order valence-corrected chi connectivity index (χ1v) is 8.73. The predicted octanol–water partition coefficient (Wildman–Crippen LogP) is 1.93. The van der Waals surface area contributed by atoms with Crippen molar-refractivity contribution < 1.29 is 5.11 Å². The topological polar surface area (TPSA) is 38.7 Å². The third-order valence-corrected chi connectivity index (χ3v) is 4.83. The molecule has 1 aliphatic carbocycles. The molecular formula is C17H37N3O. The lowest BCUT2D eigenvalue weighted by Gasteiger charge is -2.35. The molecule has 1 saturated carbocycles. The minimum absolute atomic E-state index is 0.0502. The highest BCUT2D eigenvalue weighted by atomic mass is 16.3. The molecule has 0 radical (unpaired) electrons. The lowest BCUT2D eigenvalue weighted by Crippen LogP contribution is -2.50. The Morgan fingerprint density at radius 2 is 1.95 bits per heavy atom. The van der Waals surface area contributed by atoms with Gasteiger partial charge in [0.05, 0.1) is 6.61 Å². The highest BCUT2D eigenvalue weighted by molar-refractivity contribution is 4.94. The number of aliphatic hydroxyl groups excluding tert-OH is 1. The molecule has 21 heavy (non-hydrogen) atoms. The molecule has 2 N–H and O–H groups in total. The van der Waals surface area contributed by atoms with Gasteiger partial charge < -0.3 is 15.3 Å². The molecule has 1 aliphatic rings. The van der Waals surface area contributed by atoms with Crippen LogP contribution in [0.1, 0.15) is 52.9 Å². The molecular weight excluding hydrogens is 262 g/mol. The molecule has 0 aromatic rings. The number of aliphatic hydroxyl groups is 1.